The van der Waals surface area contributed by atoms with Crippen molar-refractivity contribution in [3.8, 4) is 0 Å². The van der Waals surface area contributed by atoms with Crippen molar-refractivity contribution < 1.29 is 4.74 Å². The molecule has 5 heteroatoms. The van der Waals surface area contributed by atoms with Gasteiger partial charge < -0.3 is 15.4 Å². The number of anilines is 1. The largest absolute Gasteiger partial charge is 0.389 e. The minimum absolute atomic E-state index is 0.252. The van der Waals surface area contributed by atoms with Crippen LogP contribution in [0.5, 0.6) is 0 Å². The Labute approximate surface area is 116 Å². The summed E-state index contributed by atoms with van der Waals surface area (Å²) in [7, 11) is 3.70. The molecule has 0 saturated heterocycles. The van der Waals surface area contributed by atoms with Crippen LogP contribution in [0.3, 0.4) is 0 Å². The molecule has 0 bridgehead atoms. The van der Waals surface area contributed by atoms with E-state index in [9.17, 15) is 0 Å². The van der Waals surface area contributed by atoms with Crippen molar-refractivity contribution >= 4 is 38.8 Å². The molecule has 0 fully saturated rings. The zero-order valence-corrected chi connectivity index (χ0v) is 12.6. The smallest absolute Gasteiger partial charge is 0.106 e. The van der Waals surface area contributed by atoms with Gasteiger partial charge in [0.05, 0.1) is 6.61 Å². The molecule has 0 aliphatic heterocycles. The third-order valence-electron chi connectivity index (χ3n) is 2.67. The molecule has 0 heterocycles. The molecule has 1 unspecified atom stereocenters. The number of hydrogen-bond donors (Lipinski definition) is 1. The fraction of sp³-hybridized carbons (Fsp3) is 0.417. The molecule has 1 aromatic rings. The van der Waals surface area contributed by atoms with Gasteiger partial charge in [-0.15, -0.1) is 0 Å². The standard InChI is InChI=1S/C12H17BrN2OS/c1-8(7-16-3)15(2)11-6-9(13)4-5-10(11)12(14)17/h4-6,8H,7H2,1-3H3,(H2,14,17). The molecule has 2 N–H and O–H groups in total. The predicted molar refractivity (Wildman–Crippen MR) is 79.8 cm³/mol. The Kier molecular flexibility index (Phi) is 5.36. The van der Waals surface area contributed by atoms with Gasteiger partial charge in [0, 0.05) is 35.9 Å². The summed E-state index contributed by atoms with van der Waals surface area (Å²) in [4.78, 5) is 2.52. The second kappa shape index (κ2) is 6.33. The topological polar surface area (TPSA) is 38.5 Å². The average Bonchev–Trinajstić information content (AvgIpc) is 2.27. The number of halogens is 1. The summed E-state index contributed by atoms with van der Waals surface area (Å²) < 4.78 is 6.16. The summed E-state index contributed by atoms with van der Waals surface area (Å²) in [5, 5.41) is 0. The first-order valence-electron chi connectivity index (χ1n) is 5.28. The first-order chi connectivity index (χ1) is 7.97. The van der Waals surface area contributed by atoms with Crippen molar-refractivity contribution in [2.75, 3.05) is 25.7 Å². The lowest BCUT2D eigenvalue weighted by molar-refractivity contribution is 0.183. The van der Waals surface area contributed by atoms with Crippen molar-refractivity contribution in [3.63, 3.8) is 0 Å². The molecule has 1 aromatic carbocycles. The molecule has 94 valence electrons. The van der Waals surface area contributed by atoms with Crippen molar-refractivity contribution in [1.29, 1.82) is 0 Å². The van der Waals surface area contributed by atoms with Gasteiger partial charge in [-0.25, -0.2) is 0 Å². The lowest BCUT2D eigenvalue weighted by Gasteiger charge is -2.28. The molecule has 0 spiro atoms. The molecule has 17 heavy (non-hydrogen) atoms. The normalized spacial score (nSPS) is 12.2. The maximum atomic E-state index is 5.73. The molecule has 0 aliphatic rings. The fourth-order valence-electron chi connectivity index (χ4n) is 1.60. The number of ether oxygens (including phenoxy) is 1. The quantitative estimate of drug-likeness (QED) is 0.847. The van der Waals surface area contributed by atoms with Gasteiger partial charge in [0.2, 0.25) is 0 Å². The van der Waals surface area contributed by atoms with Crippen LogP contribution in [-0.4, -0.2) is 31.8 Å². The number of nitrogens with two attached hydrogens (primary N) is 1. The van der Waals surface area contributed by atoms with Crippen molar-refractivity contribution in [2.24, 2.45) is 5.73 Å². The second-order valence-electron chi connectivity index (χ2n) is 3.94. The van der Waals surface area contributed by atoms with Gasteiger partial charge in [-0.3, -0.25) is 0 Å². The Morgan fingerprint density at radius 3 is 2.76 bits per heavy atom. The third-order valence-corrected chi connectivity index (χ3v) is 3.39. The summed E-state index contributed by atoms with van der Waals surface area (Å²) in [6.07, 6.45) is 0. The van der Waals surface area contributed by atoms with Crippen LogP contribution >= 0.6 is 28.1 Å². The van der Waals surface area contributed by atoms with E-state index in [1.165, 1.54) is 0 Å². The summed E-state index contributed by atoms with van der Waals surface area (Å²) >= 11 is 8.53. The summed E-state index contributed by atoms with van der Waals surface area (Å²) in [6, 6.07) is 6.13. The minimum Gasteiger partial charge on any atom is -0.389 e. The Morgan fingerprint density at radius 1 is 1.59 bits per heavy atom. The van der Waals surface area contributed by atoms with Gasteiger partial charge in [-0.2, -0.15) is 0 Å². The van der Waals surface area contributed by atoms with Crippen molar-refractivity contribution in [2.45, 2.75) is 13.0 Å². The van der Waals surface area contributed by atoms with Crippen LogP contribution in [0.2, 0.25) is 0 Å². The third kappa shape index (κ3) is 3.66. The van der Waals surface area contributed by atoms with Crippen LogP contribution in [0.4, 0.5) is 5.69 Å². The Balaban J connectivity index is 3.10. The minimum atomic E-state index is 0.252. The highest BCUT2D eigenvalue weighted by Gasteiger charge is 2.15. The van der Waals surface area contributed by atoms with Crippen molar-refractivity contribution in [1.82, 2.24) is 0 Å². The predicted octanol–water partition coefficient (Wildman–Crippen LogP) is 2.55. The number of likely N-dealkylation sites (N-methyl/N-ethyl adjacent to an activating group) is 1. The molecule has 1 atom stereocenters. The summed E-state index contributed by atoms with van der Waals surface area (Å²) in [6.45, 7) is 2.74. The van der Waals surface area contributed by atoms with E-state index in [4.69, 9.17) is 22.7 Å². The molecule has 3 nitrogen and oxygen atoms in total. The maximum Gasteiger partial charge on any atom is 0.106 e. The van der Waals surface area contributed by atoms with E-state index in [1.807, 2.05) is 25.2 Å². The molecule has 0 aliphatic carbocycles. The zero-order valence-electron chi connectivity index (χ0n) is 10.2. The van der Waals surface area contributed by atoms with E-state index >= 15 is 0 Å². The van der Waals surface area contributed by atoms with E-state index in [2.05, 4.69) is 27.8 Å². The Hall–Kier alpha value is -0.650. The fourth-order valence-corrected chi connectivity index (χ4v) is 2.12. The number of nitrogens with zero attached hydrogens (tertiary/aromatic N) is 1. The number of benzene rings is 1. The highest BCUT2D eigenvalue weighted by atomic mass is 79.9. The first kappa shape index (κ1) is 14.4. The van der Waals surface area contributed by atoms with Gasteiger partial charge in [0.25, 0.3) is 0 Å². The monoisotopic (exact) mass is 316 g/mol. The highest BCUT2D eigenvalue weighted by molar-refractivity contribution is 9.10. The van der Waals surface area contributed by atoms with Crippen LogP contribution < -0.4 is 10.6 Å². The number of rotatable bonds is 5. The van der Waals surface area contributed by atoms with Gasteiger partial charge in [0.1, 0.15) is 4.99 Å². The molecular weight excluding hydrogens is 300 g/mol. The lowest BCUT2D eigenvalue weighted by atomic mass is 10.1. The van der Waals surface area contributed by atoms with Gasteiger partial charge in [0.15, 0.2) is 0 Å². The van der Waals surface area contributed by atoms with Crippen molar-refractivity contribution in [3.05, 3.63) is 28.2 Å². The van der Waals surface area contributed by atoms with Crippen LogP contribution in [-0.2, 0) is 4.74 Å². The van der Waals surface area contributed by atoms with Gasteiger partial charge >= 0.3 is 0 Å². The Morgan fingerprint density at radius 2 is 2.24 bits per heavy atom. The van der Waals surface area contributed by atoms with Gasteiger partial charge in [-0.1, -0.05) is 28.1 Å². The van der Waals surface area contributed by atoms with E-state index in [1.54, 1.807) is 7.11 Å². The SMILES string of the molecule is COCC(C)N(C)c1cc(Br)ccc1C(N)=S. The molecular formula is C12H17BrN2OS. The zero-order chi connectivity index (χ0) is 13.0. The number of methoxy groups -OCH3 is 1. The molecule has 0 radical (unpaired) electrons. The average molecular weight is 317 g/mol. The molecule has 0 saturated carbocycles. The maximum absolute atomic E-state index is 5.73. The van der Waals surface area contributed by atoms with Gasteiger partial charge in [-0.05, 0) is 25.1 Å². The van der Waals surface area contributed by atoms with Crippen LogP contribution in [0.25, 0.3) is 0 Å². The first-order valence-corrected chi connectivity index (χ1v) is 6.48. The molecule has 0 aromatic heterocycles. The van der Waals surface area contributed by atoms with E-state index in [-0.39, 0.29) is 6.04 Å². The molecule has 1 rings (SSSR count). The number of hydrogen-bond acceptors (Lipinski definition) is 3. The van der Waals surface area contributed by atoms with E-state index in [0.717, 1.165) is 15.7 Å². The molecule has 0 amide bonds. The number of thiocarbonyl (C=S) groups is 1. The second-order valence-corrected chi connectivity index (χ2v) is 5.30. The summed E-state index contributed by atoms with van der Waals surface area (Å²) in [5.41, 5.74) is 7.63. The van der Waals surface area contributed by atoms with E-state index < -0.39 is 0 Å². The van der Waals surface area contributed by atoms with Crippen LogP contribution in [0, 0.1) is 0 Å². The van der Waals surface area contributed by atoms with Crippen LogP contribution in [0.1, 0.15) is 12.5 Å². The Bertz CT molecular complexity index is 411. The lowest BCUT2D eigenvalue weighted by Crippen LogP contribution is -2.34. The summed E-state index contributed by atoms with van der Waals surface area (Å²) in [5.74, 6) is 0. The van der Waals surface area contributed by atoms with E-state index in [0.29, 0.717) is 11.6 Å². The van der Waals surface area contributed by atoms with Crippen LogP contribution in [0.15, 0.2) is 22.7 Å². The highest BCUT2D eigenvalue weighted by Crippen LogP contribution is 2.25.